The van der Waals surface area contributed by atoms with Gasteiger partial charge in [0.2, 0.25) is 0 Å². The average Bonchev–Trinajstić information content (AvgIpc) is 2.87. The minimum atomic E-state index is -1.46. The van der Waals surface area contributed by atoms with E-state index in [9.17, 15) is 14.7 Å². The van der Waals surface area contributed by atoms with Gasteiger partial charge in [-0.25, -0.2) is 4.79 Å². The van der Waals surface area contributed by atoms with Gasteiger partial charge in [0, 0.05) is 6.61 Å². The standard InChI is InChI=1S/C15H19NO4/c1-14(9-6-10-20-14)12(17)16-15(2,13(18)19)11-7-4-3-5-8-11/h3-5,7-8H,6,9-10H2,1-2H3,(H,16,17)(H,18,19). The molecule has 0 bridgehead atoms. The number of carbonyl (C=O) groups is 2. The molecule has 1 fully saturated rings. The van der Waals surface area contributed by atoms with Crippen LogP contribution in [-0.4, -0.2) is 29.2 Å². The molecule has 1 aliphatic rings. The Morgan fingerprint density at radius 2 is 2.00 bits per heavy atom. The summed E-state index contributed by atoms with van der Waals surface area (Å²) >= 11 is 0. The first-order valence-corrected chi connectivity index (χ1v) is 6.64. The van der Waals surface area contributed by atoms with E-state index >= 15 is 0 Å². The van der Waals surface area contributed by atoms with Crippen LogP contribution in [0.25, 0.3) is 0 Å². The number of aliphatic carboxylic acids is 1. The maximum absolute atomic E-state index is 12.4. The lowest BCUT2D eigenvalue weighted by molar-refractivity contribution is -0.152. The molecule has 0 spiro atoms. The highest BCUT2D eigenvalue weighted by Crippen LogP contribution is 2.28. The summed E-state index contributed by atoms with van der Waals surface area (Å²) in [5, 5.41) is 12.1. The van der Waals surface area contributed by atoms with Crippen LogP contribution in [0.3, 0.4) is 0 Å². The van der Waals surface area contributed by atoms with E-state index in [0.717, 1.165) is 6.42 Å². The Bertz CT molecular complexity index is 508. The Hall–Kier alpha value is -1.88. The van der Waals surface area contributed by atoms with Gasteiger partial charge in [0.15, 0.2) is 5.54 Å². The molecule has 20 heavy (non-hydrogen) atoms. The maximum atomic E-state index is 12.4. The second-order valence-corrected chi connectivity index (χ2v) is 5.43. The fraction of sp³-hybridized carbons (Fsp3) is 0.467. The molecule has 2 N–H and O–H groups in total. The molecular formula is C15H19NO4. The highest BCUT2D eigenvalue weighted by atomic mass is 16.5. The predicted octanol–water partition coefficient (Wildman–Crippen LogP) is 1.67. The van der Waals surface area contributed by atoms with Gasteiger partial charge in [-0.15, -0.1) is 0 Å². The monoisotopic (exact) mass is 277 g/mol. The number of nitrogens with one attached hydrogen (secondary N) is 1. The van der Waals surface area contributed by atoms with Crippen LogP contribution in [0.15, 0.2) is 30.3 Å². The molecule has 1 aromatic rings. The number of rotatable bonds is 4. The molecular weight excluding hydrogens is 258 g/mol. The molecule has 0 radical (unpaired) electrons. The quantitative estimate of drug-likeness (QED) is 0.878. The van der Waals surface area contributed by atoms with Gasteiger partial charge >= 0.3 is 5.97 Å². The average molecular weight is 277 g/mol. The van der Waals surface area contributed by atoms with Crippen LogP contribution in [0.4, 0.5) is 0 Å². The summed E-state index contributed by atoms with van der Waals surface area (Å²) in [6.07, 6.45) is 1.41. The fourth-order valence-electron chi connectivity index (χ4n) is 2.34. The predicted molar refractivity (Wildman–Crippen MR) is 73.2 cm³/mol. The van der Waals surface area contributed by atoms with Crippen molar-refractivity contribution in [1.29, 1.82) is 0 Å². The van der Waals surface area contributed by atoms with Crippen molar-refractivity contribution in [2.45, 2.75) is 37.8 Å². The van der Waals surface area contributed by atoms with Gasteiger partial charge in [-0.3, -0.25) is 4.79 Å². The smallest absolute Gasteiger partial charge is 0.333 e. The lowest BCUT2D eigenvalue weighted by Crippen LogP contribution is -2.55. The molecule has 2 rings (SSSR count). The first-order chi connectivity index (χ1) is 9.38. The number of amides is 1. The van der Waals surface area contributed by atoms with Crippen molar-refractivity contribution >= 4 is 11.9 Å². The third kappa shape index (κ3) is 2.54. The second kappa shape index (κ2) is 5.25. The van der Waals surface area contributed by atoms with Crippen molar-refractivity contribution in [1.82, 2.24) is 5.32 Å². The molecule has 5 nitrogen and oxygen atoms in total. The highest BCUT2D eigenvalue weighted by Gasteiger charge is 2.44. The first kappa shape index (κ1) is 14.5. The van der Waals surface area contributed by atoms with E-state index in [-0.39, 0.29) is 5.91 Å². The van der Waals surface area contributed by atoms with Crippen LogP contribution in [0.5, 0.6) is 0 Å². The number of hydrogen-bond acceptors (Lipinski definition) is 3. The topological polar surface area (TPSA) is 75.6 Å². The van der Waals surface area contributed by atoms with Crippen molar-refractivity contribution in [2.75, 3.05) is 6.61 Å². The number of carbonyl (C=O) groups excluding carboxylic acids is 1. The number of carboxylic acids is 1. The maximum Gasteiger partial charge on any atom is 0.333 e. The van der Waals surface area contributed by atoms with Gasteiger partial charge in [-0.1, -0.05) is 30.3 Å². The van der Waals surface area contributed by atoms with Crippen molar-refractivity contribution in [3.05, 3.63) is 35.9 Å². The van der Waals surface area contributed by atoms with Crippen LogP contribution in [0.1, 0.15) is 32.3 Å². The Balaban J connectivity index is 2.26. The zero-order valence-corrected chi connectivity index (χ0v) is 11.7. The third-order valence-corrected chi connectivity index (χ3v) is 3.84. The summed E-state index contributed by atoms with van der Waals surface area (Å²) in [6, 6.07) is 8.67. The molecule has 1 aromatic carbocycles. The SMILES string of the molecule is CC1(C(=O)NC(C)(C(=O)O)c2ccccc2)CCCO1. The van der Waals surface area contributed by atoms with Gasteiger partial charge < -0.3 is 15.2 Å². The fourth-order valence-corrected chi connectivity index (χ4v) is 2.34. The third-order valence-electron chi connectivity index (χ3n) is 3.84. The molecule has 1 saturated heterocycles. The molecule has 1 amide bonds. The zero-order valence-electron chi connectivity index (χ0n) is 11.7. The summed E-state index contributed by atoms with van der Waals surface area (Å²) in [5.41, 5.74) is -1.87. The van der Waals surface area contributed by atoms with Crippen LogP contribution in [0.2, 0.25) is 0 Å². The largest absolute Gasteiger partial charge is 0.479 e. The Morgan fingerprint density at radius 1 is 1.35 bits per heavy atom. The Morgan fingerprint density at radius 3 is 2.50 bits per heavy atom. The molecule has 0 aliphatic carbocycles. The molecule has 0 aromatic heterocycles. The van der Waals surface area contributed by atoms with E-state index in [1.54, 1.807) is 37.3 Å². The van der Waals surface area contributed by atoms with Crippen LogP contribution >= 0.6 is 0 Å². The summed E-state index contributed by atoms with van der Waals surface area (Å²) in [6.45, 7) is 3.71. The van der Waals surface area contributed by atoms with Gasteiger partial charge in [-0.05, 0) is 32.3 Å². The summed E-state index contributed by atoms with van der Waals surface area (Å²) in [4.78, 5) is 24.0. The number of benzene rings is 1. The molecule has 108 valence electrons. The Labute approximate surface area is 117 Å². The molecule has 0 saturated carbocycles. The van der Waals surface area contributed by atoms with Crippen LogP contribution < -0.4 is 5.32 Å². The molecule has 1 heterocycles. The number of carboxylic acid groups (broad SMARTS) is 1. The van der Waals surface area contributed by atoms with E-state index < -0.39 is 17.1 Å². The molecule has 1 aliphatic heterocycles. The van der Waals surface area contributed by atoms with Gasteiger partial charge in [-0.2, -0.15) is 0 Å². The first-order valence-electron chi connectivity index (χ1n) is 6.64. The van der Waals surface area contributed by atoms with E-state index in [1.807, 2.05) is 0 Å². The van der Waals surface area contributed by atoms with Crippen molar-refractivity contribution in [3.8, 4) is 0 Å². The molecule has 2 atom stereocenters. The molecule has 2 unspecified atom stereocenters. The van der Waals surface area contributed by atoms with Crippen LogP contribution in [-0.2, 0) is 19.9 Å². The van der Waals surface area contributed by atoms with Gasteiger partial charge in [0.05, 0.1) is 0 Å². The van der Waals surface area contributed by atoms with Crippen LogP contribution in [0, 0.1) is 0 Å². The van der Waals surface area contributed by atoms with E-state index in [4.69, 9.17) is 4.74 Å². The summed E-state index contributed by atoms with van der Waals surface area (Å²) in [5.74, 6) is -1.48. The van der Waals surface area contributed by atoms with Gasteiger partial charge in [0.25, 0.3) is 5.91 Å². The zero-order chi connectivity index (χ0) is 14.8. The summed E-state index contributed by atoms with van der Waals surface area (Å²) in [7, 11) is 0. The Kier molecular flexibility index (Phi) is 3.81. The minimum absolute atomic E-state index is 0.385. The number of ether oxygens (including phenoxy) is 1. The normalized spacial score (nSPS) is 24.9. The number of hydrogen-bond donors (Lipinski definition) is 2. The van der Waals surface area contributed by atoms with E-state index in [0.29, 0.717) is 18.6 Å². The van der Waals surface area contributed by atoms with Gasteiger partial charge in [0.1, 0.15) is 5.60 Å². The van der Waals surface area contributed by atoms with Crippen molar-refractivity contribution in [2.24, 2.45) is 0 Å². The second-order valence-electron chi connectivity index (χ2n) is 5.43. The lowest BCUT2D eigenvalue weighted by Gasteiger charge is -2.31. The van der Waals surface area contributed by atoms with Crippen molar-refractivity contribution < 1.29 is 19.4 Å². The lowest BCUT2D eigenvalue weighted by atomic mass is 9.90. The molecule has 5 heteroatoms. The van der Waals surface area contributed by atoms with Crippen molar-refractivity contribution in [3.63, 3.8) is 0 Å². The van der Waals surface area contributed by atoms with E-state index in [2.05, 4.69) is 5.32 Å². The minimum Gasteiger partial charge on any atom is -0.479 e. The highest BCUT2D eigenvalue weighted by molar-refractivity contribution is 5.91. The summed E-state index contributed by atoms with van der Waals surface area (Å²) < 4.78 is 5.46. The van der Waals surface area contributed by atoms with E-state index in [1.165, 1.54) is 6.92 Å².